The molecule has 0 heterocycles. The lowest BCUT2D eigenvalue weighted by Crippen LogP contribution is -2.37. The van der Waals surface area contributed by atoms with E-state index >= 15 is 0 Å². The summed E-state index contributed by atoms with van der Waals surface area (Å²) in [5, 5.41) is 0. The zero-order valence-corrected chi connectivity index (χ0v) is 43.2. The number of hydrogen-bond donors (Lipinski definition) is 0. The van der Waals surface area contributed by atoms with Crippen molar-refractivity contribution in [3.63, 3.8) is 0 Å². The number of likely N-dealkylation sites (N-methyl/N-ethyl adjacent to an activating group) is 1. The average molecular weight is 914 g/mol. The summed E-state index contributed by atoms with van der Waals surface area (Å²) in [6.45, 7) is 4.24. The first kappa shape index (κ1) is 61.8. The molecule has 0 saturated heterocycles. The molecule has 9 nitrogen and oxygen atoms in total. The number of phosphoric acid groups is 1. The summed E-state index contributed by atoms with van der Waals surface area (Å²) < 4.78 is 34.0. The molecule has 0 aromatic rings. The number of nitrogens with zero attached hydrogens (tertiary/aromatic N) is 1. The number of rotatable bonds is 50. The Morgan fingerprint density at radius 1 is 0.476 bits per heavy atom. The lowest BCUT2D eigenvalue weighted by Gasteiger charge is -2.28. The maximum absolute atomic E-state index is 12.7. The molecule has 374 valence electrons. The zero-order chi connectivity index (χ0) is 46.4. The van der Waals surface area contributed by atoms with Crippen molar-refractivity contribution in [2.24, 2.45) is 0 Å². The summed E-state index contributed by atoms with van der Waals surface area (Å²) in [5.41, 5.74) is 0. The fourth-order valence-electron chi connectivity index (χ4n) is 7.83. The Morgan fingerprint density at radius 3 is 1.21 bits per heavy atom. The van der Waals surface area contributed by atoms with Crippen LogP contribution in [-0.4, -0.2) is 70.0 Å². The van der Waals surface area contributed by atoms with E-state index in [-0.39, 0.29) is 32.0 Å². The SMILES string of the molecule is CCCCC/C=C\CCCCCCCC(=O)OC(COC(=O)CCCCCCCCCCCCCCCCCCCCCCCCCCCCC)COP(=O)([O-])OCC[N+](C)(C)C. The summed E-state index contributed by atoms with van der Waals surface area (Å²) >= 11 is 0. The standard InChI is InChI=1S/C53H104NO8P/c1-6-8-10-12-14-16-18-20-21-22-23-24-25-26-27-28-29-30-31-32-33-34-36-37-39-41-43-45-52(55)59-49-51(50-61-63(57,58)60-48-47-54(3,4)5)62-53(56)46-44-42-40-38-35-19-17-15-13-11-9-7-2/h15,17,51H,6-14,16,18-50H2,1-5H3/b17-15-. The summed E-state index contributed by atoms with van der Waals surface area (Å²) in [6.07, 6.45) is 51.2. The van der Waals surface area contributed by atoms with Crippen LogP contribution in [0.4, 0.5) is 0 Å². The van der Waals surface area contributed by atoms with E-state index in [0.717, 1.165) is 57.8 Å². The molecule has 0 aromatic heterocycles. The van der Waals surface area contributed by atoms with Gasteiger partial charge in [-0.25, -0.2) is 0 Å². The molecule has 0 N–H and O–H groups in total. The second-order valence-corrected chi connectivity index (χ2v) is 21.0. The van der Waals surface area contributed by atoms with Crippen molar-refractivity contribution in [2.75, 3.05) is 47.5 Å². The average Bonchev–Trinajstić information content (AvgIpc) is 3.24. The molecule has 0 aliphatic heterocycles. The molecule has 0 spiro atoms. The molecule has 0 aliphatic rings. The van der Waals surface area contributed by atoms with Crippen molar-refractivity contribution in [2.45, 2.75) is 270 Å². The van der Waals surface area contributed by atoms with Crippen LogP contribution in [0.2, 0.25) is 0 Å². The van der Waals surface area contributed by atoms with Crippen molar-refractivity contribution in [3.05, 3.63) is 12.2 Å². The van der Waals surface area contributed by atoms with Crippen molar-refractivity contribution in [1.29, 1.82) is 0 Å². The number of hydrogen-bond acceptors (Lipinski definition) is 8. The largest absolute Gasteiger partial charge is 0.756 e. The Balaban J connectivity index is 4.03. The van der Waals surface area contributed by atoms with Crippen LogP contribution in [0.25, 0.3) is 0 Å². The van der Waals surface area contributed by atoms with Crippen LogP contribution < -0.4 is 4.89 Å². The van der Waals surface area contributed by atoms with Gasteiger partial charge in [-0.3, -0.25) is 14.2 Å². The van der Waals surface area contributed by atoms with E-state index in [1.807, 2.05) is 21.1 Å². The third-order valence-electron chi connectivity index (χ3n) is 12.0. The molecule has 0 fully saturated rings. The van der Waals surface area contributed by atoms with E-state index in [1.54, 1.807) is 0 Å². The van der Waals surface area contributed by atoms with Gasteiger partial charge in [0.05, 0.1) is 27.7 Å². The predicted molar refractivity (Wildman–Crippen MR) is 264 cm³/mol. The van der Waals surface area contributed by atoms with Crippen LogP contribution in [0, 0.1) is 0 Å². The summed E-state index contributed by atoms with van der Waals surface area (Å²) in [6, 6.07) is 0. The van der Waals surface area contributed by atoms with Crippen LogP contribution in [0.1, 0.15) is 264 Å². The lowest BCUT2D eigenvalue weighted by molar-refractivity contribution is -0.870. The molecule has 0 aliphatic carbocycles. The Bertz CT molecular complexity index is 1080. The number of carbonyl (C=O) groups excluding carboxylic acids is 2. The molecule has 2 unspecified atom stereocenters. The van der Waals surface area contributed by atoms with E-state index in [0.29, 0.717) is 17.4 Å². The van der Waals surface area contributed by atoms with Crippen molar-refractivity contribution >= 4 is 19.8 Å². The minimum atomic E-state index is -4.62. The third kappa shape index (κ3) is 50.0. The highest BCUT2D eigenvalue weighted by Crippen LogP contribution is 2.38. The van der Waals surface area contributed by atoms with Gasteiger partial charge in [0.1, 0.15) is 19.8 Å². The maximum Gasteiger partial charge on any atom is 0.306 e. The Labute approximate surface area is 390 Å². The Kier molecular flexibility index (Phi) is 45.0. The zero-order valence-electron chi connectivity index (χ0n) is 42.3. The number of allylic oxidation sites excluding steroid dienone is 2. The van der Waals surface area contributed by atoms with Gasteiger partial charge in [0.15, 0.2) is 6.10 Å². The maximum atomic E-state index is 12.7. The number of quaternary nitrogens is 1. The minimum Gasteiger partial charge on any atom is -0.756 e. The van der Waals surface area contributed by atoms with Gasteiger partial charge in [-0.2, -0.15) is 0 Å². The number of esters is 2. The topological polar surface area (TPSA) is 111 Å². The normalized spacial score (nSPS) is 13.4. The Hall–Kier alpha value is -1.25. The molecule has 0 radical (unpaired) electrons. The minimum absolute atomic E-state index is 0.0292. The van der Waals surface area contributed by atoms with Gasteiger partial charge in [-0.1, -0.05) is 225 Å². The second-order valence-electron chi connectivity index (χ2n) is 19.6. The van der Waals surface area contributed by atoms with E-state index < -0.39 is 26.5 Å². The van der Waals surface area contributed by atoms with Crippen LogP contribution >= 0.6 is 7.82 Å². The van der Waals surface area contributed by atoms with E-state index in [2.05, 4.69) is 26.0 Å². The fraction of sp³-hybridized carbons (Fsp3) is 0.925. The van der Waals surface area contributed by atoms with Gasteiger partial charge < -0.3 is 27.9 Å². The van der Waals surface area contributed by atoms with Crippen LogP contribution in [0.3, 0.4) is 0 Å². The van der Waals surface area contributed by atoms with Crippen LogP contribution in [0.15, 0.2) is 12.2 Å². The summed E-state index contributed by atoms with van der Waals surface area (Å²) in [4.78, 5) is 37.6. The van der Waals surface area contributed by atoms with Gasteiger partial charge in [0, 0.05) is 12.8 Å². The lowest BCUT2D eigenvalue weighted by atomic mass is 10.0. The molecule has 0 aromatic carbocycles. The Morgan fingerprint density at radius 2 is 0.810 bits per heavy atom. The number of unbranched alkanes of at least 4 members (excludes halogenated alkanes) is 34. The highest BCUT2D eigenvalue weighted by Gasteiger charge is 2.21. The highest BCUT2D eigenvalue weighted by atomic mass is 31.2. The van der Waals surface area contributed by atoms with Gasteiger partial charge in [0.2, 0.25) is 0 Å². The van der Waals surface area contributed by atoms with Crippen LogP contribution in [-0.2, 0) is 32.7 Å². The van der Waals surface area contributed by atoms with Crippen LogP contribution in [0.5, 0.6) is 0 Å². The summed E-state index contributed by atoms with van der Waals surface area (Å²) in [5.74, 6) is -0.831. The van der Waals surface area contributed by atoms with E-state index in [9.17, 15) is 19.0 Å². The molecule has 0 amide bonds. The first-order valence-electron chi connectivity index (χ1n) is 26.9. The van der Waals surface area contributed by atoms with Gasteiger partial charge in [-0.15, -0.1) is 0 Å². The third-order valence-corrected chi connectivity index (χ3v) is 13.0. The van der Waals surface area contributed by atoms with Gasteiger partial charge >= 0.3 is 11.9 Å². The number of ether oxygens (including phenoxy) is 2. The van der Waals surface area contributed by atoms with Crippen molar-refractivity contribution in [1.82, 2.24) is 0 Å². The molecular formula is C53H104NO8P. The molecule has 2 atom stereocenters. The smallest absolute Gasteiger partial charge is 0.306 e. The fourth-order valence-corrected chi connectivity index (χ4v) is 8.56. The molecule has 63 heavy (non-hydrogen) atoms. The highest BCUT2D eigenvalue weighted by molar-refractivity contribution is 7.45. The van der Waals surface area contributed by atoms with Gasteiger partial charge in [0.25, 0.3) is 7.82 Å². The monoisotopic (exact) mass is 914 g/mol. The second kappa shape index (κ2) is 45.9. The number of carbonyl (C=O) groups is 2. The van der Waals surface area contributed by atoms with Crippen molar-refractivity contribution < 1.29 is 42.1 Å². The number of phosphoric ester groups is 1. The molecule has 0 bridgehead atoms. The predicted octanol–water partition coefficient (Wildman–Crippen LogP) is 15.5. The van der Waals surface area contributed by atoms with Gasteiger partial charge in [-0.05, 0) is 38.5 Å². The quantitative estimate of drug-likeness (QED) is 0.0195. The molecule has 10 heteroatoms. The van der Waals surface area contributed by atoms with E-state index in [4.69, 9.17) is 18.5 Å². The molecular weight excluding hydrogens is 810 g/mol. The first-order chi connectivity index (χ1) is 30.5. The van der Waals surface area contributed by atoms with E-state index in [1.165, 1.54) is 173 Å². The van der Waals surface area contributed by atoms with Crippen molar-refractivity contribution in [3.8, 4) is 0 Å². The first-order valence-corrected chi connectivity index (χ1v) is 28.4. The molecule has 0 rings (SSSR count). The summed E-state index contributed by atoms with van der Waals surface area (Å²) in [7, 11) is 1.17. The molecule has 0 saturated carbocycles.